The van der Waals surface area contributed by atoms with Gasteiger partial charge in [-0.2, -0.15) is 0 Å². The minimum absolute atomic E-state index is 0.0579. The summed E-state index contributed by atoms with van der Waals surface area (Å²) < 4.78 is 10.3. The van der Waals surface area contributed by atoms with E-state index in [1.54, 1.807) is 0 Å². The number of hydrogen-bond donors (Lipinski definition) is 2. The number of rotatable bonds is 2. The largest absolute Gasteiger partial charge is 0.444 e. The molecular weight excluding hydrogens is 184 g/mol. The van der Waals surface area contributed by atoms with E-state index in [0.717, 1.165) is 6.54 Å². The number of amides is 1. The Morgan fingerprint density at radius 2 is 2.36 bits per heavy atom. The van der Waals surface area contributed by atoms with Crippen molar-refractivity contribution in [2.45, 2.75) is 32.5 Å². The quantitative estimate of drug-likeness (QED) is 0.683. The zero-order valence-corrected chi connectivity index (χ0v) is 8.92. The zero-order chi connectivity index (χ0) is 10.6. The van der Waals surface area contributed by atoms with Crippen molar-refractivity contribution >= 4 is 6.09 Å². The highest BCUT2D eigenvalue weighted by Gasteiger charge is 2.19. The van der Waals surface area contributed by atoms with E-state index in [-0.39, 0.29) is 6.10 Å². The summed E-state index contributed by atoms with van der Waals surface area (Å²) in [4.78, 5) is 11.2. The molecule has 14 heavy (non-hydrogen) atoms. The summed E-state index contributed by atoms with van der Waals surface area (Å²) >= 11 is 0. The van der Waals surface area contributed by atoms with E-state index in [1.807, 2.05) is 20.8 Å². The van der Waals surface area contributed by atoms with Gasteiger partial charge in [0.05, 0.1) is 12.8 Å². The molecule has 2 N–H and O–H groups in total. The predicted molar refractivity (Wildman–Crippen MR) is 52.0 cm³/mol. The van der Waals surface area contributed by atoms with Crippen molar-refractivity contribution in [3.8, 4) is 0 Å². The lowest BCUT2D eigenvalue weighted by Gasteiger charge is -2.20. The van der Waals surface area contributed by atoms with Gasteiger partial charge in [0.15, 0.2) is 0 Å². The number of carbonyl (C=O) groups excluding carboxylic acids is 1. The van der Waals surface area contributed by atoms with E-state index in [1.165, 1.54) is 0 Å². The first-order chi connectivity index (χ1) is 6.47. The van der Waals surface area contributed by atoms with Gasteiger partial charge < -0.3 is 14.8 Å². The third kappa shape index (κ3) is 4.43. The lowest BCUT2D eigenvalue weighted by molar-refractivity contribution is 0.0474. The van der Waals surface area contributed by atoms with E-state index in [4.69, 9.17) is 9.47 Å². The smallest absolute Gasteiger partial charge is 0.407 e. The lowest BCUT2D eigenvalue weighted by Crippen LogP contribution is -2.37. The molecule has 0 aliphatic carbocycles. The van der Waals surface area contributed by atoms with Gasteiger partial charge in [0.2, 0.25) is 0 Å². The van der Waals surface area contributed by atoms with Gasteiger partial charge in [-0.25, -0.2) is 4.79 Å². The van der Waals surface area contributed by atoms with Gasteiger partial charge in [-0.1, -0.05) is 0 Å². The van der Waals surface area contributed by atoms with Crippen LogP contribution in [0.1, 0.15) is 20.8 Å². The maximum atomic E-state index is 11.2. The molecule has 82 valence electrons. The molecule has 1 rings (SSSR count). The predicted octanol–water partition coefficient (Wildman–Crippen LogP) is 0.457. The number of carbonyl (C=O) groups is 1. The van der Waals surface area contributed by atoms with Gasteiger partial charge in [-0.15, -0.1) is 0 Å². The summed E-state index contributed by atoms with van der Waals surface area (Å²) in [5.41, 5.74) is -0.446. The third-order valence-electron chi connectivity index (χ3n) is 1.67. The highest BCUT2D eigenvalue weighted by atomic mass is 16.6. The van der Waals surface area contributed by atoms with E-state index < -0.39 is 11.7 Å². The van der Waals surface area contributed by atoms with Crippen molar-refractivity contribution < 1.29 is 14.3 Å². The molecular formula is C9H18N2O3. The van der Waals surface area contributed by atoms with Gasteiger partial charge in [-0.3, -0.25) is 5.32 Å². The van der Waals surface area contributed by atoms with Crippen LogP contribution in [0.2, 0.25) is 0 Å². The standard InChI is InChI=1S/C9H18N2O3/c1-9(2,3)14-8(12)11-5-7-4-10-6-13-7/h7,10H,4-6H2,1-3H3,(H,11,12). The van der Waals surface area contributed by atoms with Gasteiger partial charge in [-0.05, 0) is 20.8 Å². The van der Waals surface area contributed by atoms with Gasteiger partial charge in [0.25, 0.3) is 0 Å². The molecule has 0 aromatic heterocycles. The number of nitrogens with one attached hydrogen (secondary N) is 2. The molecule has 1 saturated heterocycles. The minimum Gasteiger partial charge on any atom is -0.444 e. The summed E-state index contributed by atoms with van der Waals surface area (Å²) in [6, 6.07) is 0. The minimum atomic E-state index is -0.446. The Morgan fingerprint density at radius 1 is 1.64 bits per heavy atom. The van der Waals surface area contributed by atoms with Crippen LogP contribution in [0, 0.1) is 0 Å². The zero-order valence-electron chi connectivity index (χ0n) is 8.92. The van der Waals surface area contributed by atoms with Crippen molar-refractivity contribution in [1.29, 1.82) is 0 Å². The second-order valence-corrected chi connectivity index (χ2v) is 4.27. The van der Waals surface area contributed by atoms with Crippen LogP contribution in [0.4, 0.5) is 4.79 Å². The summed E-state index contributed by atoms with van der Waals surface area (Å²) in [5.74, 6) is 0. The Balaban J connectivity index is 2.14. The van der Waals surface area contributed by atoms with Crippen LogP contribution in [-0.2, 0) is 9.47 Å². The van der Waals surface area contributed by atoms with E-state index in [2.05, 4.69) is 10.6 Å². The average Bonchev–Trinajstić information content (AvgIpc) is 2.49. The Hall–Kier alpha value is -0.810. The van der Waals surface area contributed by atoms with E-state index in [0.29, 0.717) is 13.3 Å². The highest BCUT2D eigenvalue weighted by Crippen LogP contribution is 2.06. The third-order valence-corrected chi connectivity index (χ3v) is 1.67. The molecule has 1 aliphatic heterocycles. The highest BCUT2D eigenvalue weighted by molar-refractivity contribution is 5.67. The second-order valence-electron chi connectivity index (χ2n) is 4.27. The summed E-state index contributed by atoms with van der Waals surface area (Å²) in [5, 5.41) is 5.68. The molecule has 0 radical (unpaired) electrons. The fourth-order valence-electron chi connectivity index (χ4n) is 1.10. The first-order valence-corrected chi connectivity index (χ1v) is 4.76. The van der Waals surface area contributed by atoms with Crippen molar-refractivity contribution in [3.05, 3.63) is 0 Å². The summed E-state index contributed by atoms with van der Waals surface area (Å²) in [6.45, 7) is 7.32. The maximum Gasteiger partial charge on any atom is 0.407 e. The van der Waals surface area contributed by atoms with Crippen molar-refractivity contribution in [3.63, 3.8) is 0 Å². The van der Waals surface area contributed by atoms with Crippen molar-refractivity contribution in [2.24, 2.45) is 0 Å². The number of alkyl carbamates (subject to hydrolysis) is 1. The van der Waals surface area contributed by atoms with Crippen LogP contribution < -0.4 is 10.6 Å². The van der Waals surface area contributed by atoms with Crippen molar-refractivity contribution in [2.75, 3.05) is 19.8 Å². The summed E-state index contributed by atoms with van der Waals surface area (Å²) in [6.07, 6.45) is -0.337. The molecule has 1 fully saturated rings. The molecule has 1 aliphatic rings. The van der Waals surface area contributed by atoms with Crippen LogP contribution in [0.5, 0.6) is 0 Å². The fourth-order valence-corrected chi connectivity index (χ4v) is 1.10. The molecule has 1 heterocycles. The Morgan fingerprint density at radius 3 is 2.86 bits per heavy atom. The average molecular weight is 202 g/mol. The first kappa shape index (κ1) is 11.3. The SMILES string of the molecule is CC(C)(C)OC(=O)NCC1CNCO1. The van der Waals surface area contributed by atoms with Crippen LogP contribution >= 0.6 is 0 Å². The monoisotopic (exact) mass is 202 g/mol. The molecule has 1 amide bonds. The molecule has 0 spiro atoms. The van der Waals surface area contributed by atoms with Gasteiger partial charge in [0, 0.05) is 13.1 Å². The molecule has 1 unspecified atom stereocenters. The Labute approximate surface area is 84.1 Å². The molecule has 0 aromatic carbocycles. The molecule has 0 aromatic rings. The Bertz CT molecular complexity index is 195. The first-order valence-electron chi connectivity index (χ1n) is 4.76. The van der Waals surface area contributed by atoms with Crippen LogP contribution in [-0.4, -0.2) is 37.6 Å². The fraction of sp³-hybridized carbons (Fsp3) is 0.889. The topological polar surface area (TPSA) is 59.6 Å². The molecule has 5 heteroatoms. The maximum absolute atomic E-state index is 11.2. The normalized spacial score (nSPS) is 22.1. The van der Waals surface area contributed by atoms with Crippen molar-refractivity contribution in [1.82, 2.24) is 10.6 Å². The van der Waals surface area contributed by atoms with Gasteiger partial charge >= 0.3 is 6.09 Å². The molecule has 0 saturated carbocycles. The molecule has 0 bridgehead atoms. The van der Waals surface area contributed by atoms with E-state index >= 15 is 0 Å². The Kier molecular flexibility index (Phi) is 3.71. The molecule has 1 atom stereocenters. The number of hydrogen-bond acceptors (Lipinski definition) is 4. The van der Waals surface area contributed by atoms with Crippen LogP contribution in [0.3, 0.4) is 0 Å². The second kappa shape index (κ2) is 4.61. The molecule has 5 nitrogen and oxygen atoms in total. The lowest BCUT2D eigenvalue weighted by atomic mass is 10.2. The summed E-state index contributed by atoms with van der Waals surface area (Å²) in [7, 11) is 0. The number of ether oxygens (including phenoxy) is 2. The van der Waals surface area contributed by atoms with Gasteiger partial charge in [0.1, 0.15) is 5.60 Å². The van der Waals surface area contributed by atoms with E-state index in [9.17, 15) is 4.79 Å². The van der Waals surface area contributed by atoms with Crippen LogP contribution in [0.15, 0.2) is 0 Å². The van der Waals surface area contributed by atoms with Crippen LogP contribution in [0.25, 0.3) is 0 Å².